The fourth-order valence-corrected chi connectivity index (χ4v) is 4.24. The number of hydrogen-bond acceptors (Lipinski definition) is 4. The molecule has 0 aliphatic carbocycles. The van der Waals surface area contributed by atoms with Gasteiger partial charge in [-0.25, -0.2) is 0 Å². The Bertz CT molecular complexity index is 381. The zero-order valence-electron chi connectivity index (χ0n) is 15.0. The summed E-state index contributed by atoms with van der Waals surface area (Å²) < 4.78 is 0. The number of nitrogens with zero attached hydrogens (tertiary/aromatic N) is 3. The maximum absolute atomic E-state index is 12.6. The smallest absolute Gasteiger partial charge is 0.236 e. The van der Waals surface area contributed by atoms with E-state index in [1.54, 1.807) is 0 Å². The zero-order chi connectivity index (χ0) is 15.4. The van der Waals surface area contributed by atoms with E-state index in [2.05, 4.69) is 27.1 Å². The highest BCUT2D eigenvalue weighted by atomic mass is 35.5. The van der Waals surface area contributed by atoms with Crippen LogP contribution in [0.1, 0.15) is 32.1 Å². The van der Waals surface area contributed by atoms with Gasteiger partial charge in [0.2, 0.25) is 5.91 Å². The summed E-state index contributed by atoms with van der Waals surface area (Å²) in [6.07, 6.45) is 6.20. The summed E-state index contributed by atoms with van der Waals surface area (Å²) >= 11 is 0. The van der Waals surface area contributed by atoms with Crippen molar-refractivity contribution in [3.63, 3.8) is 0 Å². The van der Waals surface area contributed by atoms with E-state index in [9.17, 15) is 4.79 Å². The van der Waals surface area contributed by atoms with E-state index < -0.39 is 0 Å². The Morgan fingerprint density at radius 1 is 0.917 bits per heavy atom. The van der Waals surface area contributed by atoms with Crippen LogP contribution in [0.15, 0.2) is 0 Å². The summed E-state index contributed by atoms with van der Waals surface area (Å²) in [4.78, 5) is 19.4. The summed E-state index contributed by atoms with van der Waals surface area (Å²) in [6.45, 7) is 9.26. The molecule has 7 heteroatoms. The molecule has 3 heterocycles. The average molecular weight is 381 g/mol. The summed E-state index contributed by atoms with van der Waals surface area (Å²) in [5.41, 5.74) is 0.535. The van der Waals surface area contributed by atoms with Gasteiger partial charge < -0.3 is 15.1 Å². The van der Waals surface area contributed by atoms with Crippen LogP contribution in [0.3, 0.4) is 0 Å². The first kappa shape index (κ1) is 22.0. The third-order valence-corrected chi connectivity index (χ3v) is 6.01. The molecule has 0 unspecified atom stereocenters. The molecular weight excluding hydrogens is 347 g/mol. The number of carbonyl (C=O) groups is 1. The third kappa shape index (κ3) is 5.73. The number of piperidine rings is 2. The van der Waals surface area contributed by atoms with Crippen LogP contribution in [0.25, 0.3) is 0 Å². The first-order valence-electron chi connectivity index (χ1n) is 9.06. The topological polar surface area (TPSA) is 38.8 Å². The van der Waals surface area contributed by atoms with Crippen molar-refractivity contribution in [1.82, 2.24) is 20.0 Å². The molecule has 1 amide bonds. The standard InChI is InChI=1S/C17H32N4O.2ClH/c1-19-9-2-10-20(14-13-19)15-16(22)21-11-5-17(6-12-21)3-7-18-8-4-17;;/h18H,2-15H2,1H3;2*1H. The molecule has 5 nitrogen and oxygen atoms in total. The molecule has 3 saturated heterocycles. The average Bonchev–Trinajstić information content (AvgIpc) is 2.73. The van der Waals surface area contributed by atoms with E-state index >= 15 is 0 Å². The fraction of sp³-hybridized carbons (Fsp3) is 0.941. The number of carbonyl (C=O) groups excluding carboxylic acids is 1. The molecule has 0 aromatic heterocycles. The molecule has 0 aromatic carbocycles. The maximum Gasteiger partial charge on any atom is 0.236 e. The number of halogens is 2. The first-order valence-corrected chi connectivity index (χ1v) is 9.06. The number of likely N-dealkylation sites (tertiary alicyclic amines) is 1. The van der Waals surface area contributed by atoms with Crippen LogP contribution in [0.5, 0.6) is 0 Å². The van der Waals surface area contributed by atoms with Crippen molar-refractivity contribution in [2.45, 2.75) is 32.1 Å². The van der Waals surface area contributed by atoms with Gasteiger partial charge in [0.25, 0.3) is 0 Å². The number of hydrogen-bond donors (Lipinski definition) is 1. The molecule has 3 rings (SSSR count). The molecule has 0 saturated carbocycles. The molecule has 3 aliphatic rings. The highest BCUT2D eigenvalue weighted by Crippen LogP contribution is 2.39. The van der Waals surface area contributed by atoms with E-state index in [1.807, 2.05) is 0 Å². The van der Waals surface area contributed by atoms with Gasteiger partial charge in [0.15, 0.2) is 0 Å². The number of rotatable bonds is 2. The van der Waals surface area contributed by atoms with Crippen molar-refractivity contribution < 1.29 is 4.79 Å². The monoisotopic (exact) mass is 380 g/mol. The summed E-state index contributed by atoms with van der Waals surface area (Å²) in [5.74, 6) is 0.355. The highest BCUT2D eigenvalue weighted by molar-refractivity contribution is 5.85. The summed E-state index contributed by atoms with van der Waals surface area (Å²) in [5, 5.41) is 3.46. The van der Waals surface area contributed by atoms with Crippen molar-refractivity contribution in [3.05, 3.63) is 0 Å². The van der Waals surface area contributed by atoms with Gasteiger partial charge in [-0.1, -0.05) is 0 Å². The Morgan fingerprint density at radius 2 is 1.58 bits per heavy atom. The van der Waals surface area contributed by atoms with Crippen LogP contribution in [-0.4, -0.2) is 86.6 Å². The molecule has 1 N–H and O–H groups in total. The second kappa shape index (κ2) is 10.2. The van der Waals surface area contributed by atoms with Gasteiger partial charge in [-0.15, -0.1) is 24.8 Å². The number of amides is 1. The molecule has 1 spiro atoms. The van der Waals surface area contributed by atoms with Crippen LogP contribution in [0, 0.1) is 5.41 Å². The lowest BCUT2D eigenvalue weighted by atomic mass is 9.71. The molecule has 0 aromatic rings. The molecule has 142 valence electrons. The molecule has 24 heavy (non-hydrogen) atoms. The first-order chi connectivity index (χ1) is 10.7. The number of nitrogens with one attached hydrogen (secondary N) is 1. The van der Waals surface area contributed by atoms with Gasteiger partial charge in [-0.05, 0) is 70.7 Å². The highest BCUT2D eigenvalue weighted by Gasteiger charge is 2.36. The molecule has 0 bridgehead atoms. The molecule has 3 fully saturated rings. The van der Waals surface area contributed by atoms with Crippen molar-refractivity contribution in [2.24, 2.45) is 5.41 Å². The van der Waals surface area contributed by atoms with Gasteiger partial charge in [-0.2, -0.15) is 0 Å². The minimum absolute atomic E-state index is 0. The second-order valence-corrected chi connectivity index (χ2v) is 7.56. The van der Waals surface area contributed by atoms with E-state index in [0.29, 0.717) is 17.9 Å². The molecule has 3 aliphatic heterocycles. The predicted octanol–water partition coefficient (Wildman–Crippen LogP) is 1.46. The van der Waals surface area contributed by atoms with E-state index in [4.69, 9.17) is 0 Å². The van der Waals surface area contributed by atoms with E-state index in [0.717, 1.165) is 52.4 Å². The normalized spacial score (nSPS) is 25.5. The molecular formula is C17H34Cl2N4O. The van der Waals surface area contributed by atoms with Crippen LogP contribution in [-0.2, 0) is 4.79 Å². The van der Waals surface area contributed by atoms with E-state index in [1.165, 1.54) is 32.1 Å². The summed E-state index contributed by atoms with van der Waals surface area (Å²) in [6, 6.07) is 0. The lowest BCUT2D eigenvalue weighted by Crippen LogP contribution is -2.49. The Balaban J connectivity index is 0.00000144. The SMILES string of the molecule is CN1CCCN(CC(=O)N2CCC3(CCNCC3)CC2)CC1.Cl.Cl. The van der Waals surface area contributed by atoms with E-state index in [-0.39, 0.29) is 24.8 Å². The van der Waals surface area contributed by atoms with Gasteiger partial charge >= 0.3 is 0 Å². The zero-order valence-corrected chi connectivity index (χ0v) is 16.6. The van der Waals surface area contributed by atoms with Gasteiger partial charge in [0.05, 0.1) is 6.54 Å². The van der Waals surface area contributed by atoms with Crippen LogP contribution >= 0.6 is 24.8 Å². The van der Waals surface area contributed by atoms with Crippen molar-refractivity contribution >= 4 is 30.7 Å². The Labute approximate surface area is 159 Å². The molecule has 0 radical (unpaired) electrons. The van der Waals surface area contributed by atoms with Crippen LogP contribution < -0.4 is 5.32 Å². The largest absolute Gasteiger partial charge is 0.342 e. The van der Waals surface area contributed by atoms with Crippen LogP contribution in [0.2, 0.25) is 0 Å². The van der Waals surface area contributed by atoms with Crippen LogP contribution in [0.4, 0.5) is 0 Å². The third-order valence-electron chi connectivity index (χ3n) is 6.01. The van der Waals surface area contributed by atoms with Gasteiger partial charge in [0, 0.05) is 26.2 Å². The maximum atomic E-state index is 12.6. The Kier molecular flexibility index (Phi) is 9.31. The summed E-state index contributed by atoms with van der Waals surface area (Å²) in [7, 11) is 2.18. The van der Waals surface area contributed by atoms with Gasteiger partial charge in [-0.3, -0.25) is 9.69 Å². The van der Waals surface area contributed by atoms with Crippen molar-refractivity contribution in [3.8, 4) is 0 Å². The lowest BCUT2D eigenvalue weighted by Gasteiger charge is -2.44. The quantitative estimate of drug-likeness (QED) is 0.786. The minimum Gasteiger partial charge on any atom is -0.342 e. The van der Waals surface area contributed by atoms with Gasteiger partial charge in [0.1, 0.15) is 0 Å². The Hall–Kier alpha value is -0.0700. The Morgan fingerprint density at radius 3 is 2.25 bits per heavy atom. The minimum atomic E-state index is 0. The second-order valence-electron chi connectivity index (χ2n) is 7.56. The molecule has 0 atom stereocenters. The predicted molar refractivity (Wildman–Crippen MR) is 103 cm³/mol. The van der Waals surface area contributed by atoms with Crippen molar-refractivity contribution in [2.75, 3.05) is 66.0 Å². The lowest BCUT2D eigenvalue weighted by molar-refractivity contribution is -0.135. The fourth-order valence-electron chi connectivity index (χ4n) is 4.24. The number of likely N-dealkylation sites (N-methyl/N-ethyl adjacent to an activating group) is 1. The van der Waals surface area contributed by atoms with Crippen molar-refractivity contribution in [1.29, 1.82) is 0 Å².